The van der Waals surface area contributed by atoms with E-state index in [1.54, 1.807) is 12.4 Å². The summed E-state index contributed by atoms with van der Waals surface area (Å²) in [5.74, 6) is 0.799. The molecule has 0 aliphatic carbocycles. The first-order valence-electron chi connectivity index (χ1n) is 11.2. The van der Waals surface area contributed by atoms with Gasteiger partial charge in [0.1, 0.15) is 24.4 Å². The average Bonchev–Trinajstić information content (AvgIpc) is 3.37. The summed E-state index contributed by atoms with van der Waals surface area (Å²) in [5, 5.41) is 3.54. The molecule has 1 fully saturated rings. The van der Waals surface area contributed by atoms with E-state index in [0.29, 0.717) is 13.3 Å². The number of likely N-dealkylation sites (tertiary alicyclic amines) is 1. The summed E-state index contributed by atoms with van der Waals surface area (Å²) < 4.78 is 7.88. The number of nitrogens with zero attached hydrogens (tertiary/aromatic N) is 5. The average molecular weight is 453 g/mol. The van der Waals surface area contributed by atoms with Crippen molar-refractivity contribution in [2.75, 3.05) is 31.6 Å². The number of rotatable bonds is 10. The van der Waals surface area contributed by atoms with Gasteiger partial charge in [0.15, 0.2) is 5.65 Å². The third kappa shape index (κ3) is 5.59. The monoisotopic (exact) mass is 452 g/mol. The number of ether oxygens (including phenoxy) is 1. The number of carbonyl (C=O) groups is 1. The van der Waals surface area contributed by atoms with Crippen LogP contribution >= 0.6 is 0 Å². The van der Waals surface area contributed by atoms with Crippen LogP contribution < -0.4 is 5.32 Å². The quantitative estimate of drug-likeness (QED) is 0.286. The predicted octanol–water partition coefficient (Wildman–Crippen LogP) is 3.49. The molecule has 0 aromatic carbocycles. The maximum absolute atomic E-state index is 10.8. The van der Waals surface area contributed by atoms with Gasteiger partial charge in [-0.15, -0.1) is 0 Å². The lowest BCUT2D eigenvalue weighted by atomic mass is 10.1. The van der Waals surface area contributed by atoms with E-state index in [1.807, 2.05) is 29.0 Å². The molecule has 3 aromatic heterocycles. The normalized spacial score (nSPS) is 17.2. The van der Waals surface area contributed by atoms with Gasteiger partial charge in [0.2, 0.25) is 0 Å². The van der Waals surface area contributed by atoms with Crippen LogP contribution in [-0.2, 0) is 16.3 Å². The number of pyridine rings is 1. The summed E-state index contributed by atoms with van der Waals surface area (Å²) in [6.07, 6.45) is 7.50. The third-order valence-electron chi connectivity index (χ3n) is 5.72. The fourth-order valence-electron chi connectivity index (χ4n) is 3.88. The Balaban J connectivity index is 1.47. The van der Waals surface area contributed by atoms with E-state index in [2.05, 4.69) is 39.8 Å². The highest BCUT2D eigenvalue weighted by Crippen LogP contribution is 2.27. The highest BCUT2D eigenvalue weighted by atomic mass is 28.3. The van der Waals surface area contributed by atoms with Crippen molar-refractivity contribution in [3.05, 3.63) is 36.8 Å². The first-order valence-corrected chi connectivity index (χ1v) is 14.9. The van der Waals surface area contributed by atoms with E-state index < -0.39 is 8.07 Å². The van der Waals surface area contributed by atoms with Crippen LogP contribution in [0.15, 0.2) is 36.8 Å². The zero-order chi connectivity index (χ0) is 22.6. The minimum Gasteiger partial charge on any atom is -0.365 e. The van der Waals surface area contributed by atoms with E-state index in [9.17, 15) is 4.79 Å². The van der Waals surface area contributed by atoms with Crippen molar-refractivity contribution >= 4 is 31.3 Å². The molecule has 1 atom stereocenters. The third-order valence-corrected chi connectivity index (χ3v) is 7.42. The lowest BCUT2D eigenvalue weighted by Crippen LogP contribution is -2.27. The Bertz CT molecular complexity index is 1060. The molecule has 8 nitrogen and oxygen atoms in total. The topological polar surface area (TPSA) is 85.2 Å². The molecule has 0 unspecified atom stereocenters. The van der Waals surface area contributed by atoms with E-state index in [0.717, 1.165) is 66.7 Å². The second-order valence-corrected chi connectivity index (χ2v) is 15.2. The van der Waals surface area contributed by atoms with Crippen LogP contribution in [0.4, 0.5) is 5.82 Å². The molecular weight excluding hydrogens is 420 g/mol. The van der Waals surface area contributed by atoms with Gasteiger partial charge in [-0.3, -0.25) is 4.90 Å². The van der Waals surface area contributed by atoms with Crippen molar-refractivity contribution in [3.8, 4) is 11.3 Å². The van der Waals surface area contributed by atoms with Crippen molar-refractivity contribution < 1.29 is 9.53 Å². The van der Waals surface area contributed by atoms with Gasteiger partial charge >= 0.3 is 0 Å². The highest BCUT2D eigenvalue weighted by Gasteiger charge is 2.23. The molecule has 9 heteroatoms. The van der Waals surface area contributed by atoms with Crippen molar-refractivity contribution in [1.29, 1.82) is 0 Å². The Kier molecular flexibility index (Phi) is 6.97. The van der Waals surface area contributed by atoms with Gasteiger partial charge in [0, 0.05) is 51.8 Å². The number of aromatic nitrogens is 4. The first kappa shape index (κ1) is 22.6. The van der Waals surface area contributed by atoms with Crippen molar-refractivity contribution in [2.24, 2.45) is 0 Å². The summed E-state index contributed by atoms with van der Waals surface area (Å²) in [4.78, 5) is 27.0. The predicted molar refractivity (Wildman–Crippen MR) is 129 cm³/mol. The Morgan fingerprint density at radius 1 is 1.28 bits per heavy atom. The Morgan fingerprint density at radius 3 is 2.97 bits per heavy atom. The Morgan fingerprint density at radius 2 is 2.16 bits per heavy atom. The van der Waals surface area contributed by atoms with Crippen LogP contribution in [0.2, 0.25) is 25.7 Å². The molecule has 1 saturated heterocycles. The lowest BCUT2D eigenvalue weighted by molar-refractivity contribution is -0.108. The van der Waals surface area contributed by atoms with Crippen LogP contribution in [0.1, 0.15) is 6.42 Å². The van der Waals surface area contributed by atoms with E-state index in [4.69, 9.17) is 9.72 Å². The number of hydrogen-bond donors (Lipinski definition) is 1. The summed E-state index contributed by atoms with van der Waals surface area (Å²) in [7, 11) is -1.10. The van der Waals surface area contributed by atoms with Gasteiger partial charge in [-0.25, -0.2) is 15.0 Å². The number of carbonyl (C=O) groups excluding carboxylic acids is 1. The smallest absolute Gasteiger partial charge is 0.160 e. The first-order chi connectivity index (χ1) is 15.4. The second-order valence-electron chi connectivity index (χ2n) is 9.55. The van der Waals surface area contributed by atoms with Crippen molar-refractivity contribution in [1.82, 2.24) is 24.4 Å². The molecule has 170 valence electrons. The van der Waals surface area contributed by atoms with Crippen LogP contribution in [0, 0.1) is 0 Å². The van der Waals surface area contributed by atoms with Gasteiger partial charge < -0.3 is 19.4 Å². The van der Waals surface area contributed by atoms with E-state index in [1.165, 1.54) is 0 Å². The Labute approximate surface area is 190 Å². The SMILES string of the molecule is C[Si](C)(C)CCOCn1ccc2nc(-c3cccnc3N[C@H]3CCN(CC=O)C3)cnc21. The molecule has 3 aromatic rings. The summed E-state index contributed by atoms with van der Waals surface area (Å²) >= 11 is 0. The molecule has 1 aliphatic heterocycles. The number of nitrogens with one attached hydrogen (secondary N) is 1. The van der Waals surface area contributed by atoms with E-state index >= 15 is 0 Å². The standard InChI is InChI=1S/C23H32N6O2Si/c1-32(2,3)14-13-31-17-29-10-7-20-23(29)25-15-21(27-20)19-5-4-8-24-22(19)26-18-6-9-28(16-18)11-12-30/h4-5,7-8,10,12,15,18H,6,9,11,13-14,16-17H2,1-3H3,(H,24,26)/t18-/m0/s1. The molecule has 0 amide bonds. The second kappa shape index (κ2) is 9.89. The molecule has 0 bridgehead atoms. The van der Waals surface area contributed by atoms with Crippen LogP contribution in [0.25, 0.3) is 22.4 Å². The number of anilines is 1. The number of aldehydes is 1. The van der Waals surface area contributed by atoms with E-state index in [-0.39, 0.29) is 6.04 Å². The largest absolute Gasteiger partial charge is 0.365 e. The summed E-state index contributed by atoms with van der Waals surface area (Å²) in [5.41, 5.74) is 3.37. The molecule has 4 rings (SSSR count). The minimum absolute atomic E-state index is 0.259. The number of hydrogen-bond acceptors (Lipinski definition) is 7. The van der Waals surface area contributed by atoms with Gasteiger partial charge in [-0.2, -0.15) is 0 Å². The van der Waals surface area contributed by atoms with Crippen molar-refractivity contribution in [2.45, 2.75) is 44.9 Å². The van der Waals surface area contributed by atoms with Crippen LogP contribution in [0.5, 0.6) is 0 Å². The Hall–Kier alpha value is -2.62. The molecule has 0 radical (unpaired) electrons. The molecule has 0 spiro atoms. The zero-order valence-corrected chi connectivity index (χ0v) is 20.1. The van der Waals surface area contributed by atoms with Gasteiger partial charge in [-0.05, 0) is 30.7 Å². The molecule has 32 heavy (non-hydrogen) atoms. The van der Waals surface area contributed by atoms with Gasteiger partial charge in [-0.1, -0.05) is 19.6 Å². The van der Waals surface area contributed by atoms with Crippen LogP contribution in [-0.4, -0.2) is 71.1 Å². The highest BCUT2D eigenvalue weighted by molar-refractivity contribution is 6.76. The molecule has 1 N–H and O–H groups in total. The molecule has 1 aliphatic rings. The maximum atomic E-state index is 10.8. The minimum atomic E-state index is -1.10. The maximum Gasteiger partial charge on any atom is 0.160 e. The molecule has 0 saturated carbocycles. The van der Waals surface area contributed by atoms with Crippen LogP contribution in [0.3, 0.4) is 0 Å². The number of fused-ring (bicyclic) bond motifs is 1. The van der Waals surface area contributed by atoms with Gasteiger partial charge in [0.05, 0.1) is 18.4 Å². The molecule has 4 heterocycles. The molecular formula is C23H32N6O2Si. The zero-order valence-electron chi connectivity index (χ0n) is 19.1. The van der Waals surface area contributed by atoms with Gasteiger partial charge in [0.25, 0.3) is 0 Å². The van der Waals surface area contributed by atoms with Crippen molar-refractivity contribution in [3.63, 3.8) is 0 Å². The fraction of sp³-hybridized carbons (Fsp3) is 0.478. The fourth-order valence-corrected chi connectivity index (χ4v) is 4.64. The lowest BCUT2D eigenvalue weighted by Gasteiger charge is -2.17. The summed E-state index contributed by atoms with van der Waals surface area (Å²) in [6.45, 7) is 10.5. The summed E-state index contributed by atoms with van der Waals surface area (Å²) in [6, 6.07) is 7.31.